The molecule has 0 fully saturated rings. The number of Topliss-reactive ketones (excluding diaryl/α,β-unsaturated/α-hetero) is 1. The lowest BCUT2D eigenvalue weighted by molar-refractivity contribution is -0.115. The van der Waals surface area contributed by atoms with E-state index < -0.39 is 5.92 Å². The number of halogens is 1. The van der Waals surface area contributed by atoms with Gasteiger partial charge in [-0.3, -0.25) is 4.79 Å². The topological polar surface area (TPSA) is 64.0 Å². The number of unbranched alkanes of at least 4 members (excludes halogenated alkanes) is 4. The van der Waals surface area contributed by atoms with Gasteiger partial charge in [0.2, 0.25) is 0 Å². The molecule has 1 aliphatic rings. The molecule has 0 aromatic heterocycles. The third-order valence-corrected chi connectivity index (χ3v) is 7.84. The van der Waals surface area contributed by atoms with Crippen molar-refractivity contribution in [3.05, 3.63) is 52.6 Å². The normalized spacial score (nSPS) is 15.1. The molecule has 2 N–H and O–H groups in total. The van der Waals surface area contributed by atoms with E-state index in [9.17, 15) is 15.0 Å². The first-order chi connectivity index (χ1) is 18.4. The number of rotatable bonds is 16. The number of hydrogen-bond donors (Lipinski definition) is 2. The SMILES string of the molecule is CCCCN(CCCC)c1ccc(C2=C(Cl)C(c3ccc(N(CCCC)CCCC)cc3O)C2=O)c(O)c1. The number of phenols is 2. The summed E-state index contributed by atoms with van der Waals surface area (Å²) in [6.07, 6.45) is 8.76. The Kier molecular flexibility index (Phi) is 11.4. The van der Waals surface area contributed by atoms with Crippen molar-refractivity contribution in [3.8, 4) is 11.5 Å². The van der Waals surface area contributed by atoms with E-state index in [1.54, 1.807) is 18.2 Å². The highest BCUT2D eigenvalue weighted by atomic mass is 35.5. The zero-order chi connectivity index (χ0) is 27.7. The third-order valence-electron chi connectivity index (χ3n) is 7.43. The van der Waals surface area contributed by atoms with Crippen molar-refractivity contribution >= 4 is 34.3 Å². The highest BCUT2D eigenvalue weighted by molar-refractivity contribution is 6.49. The molecule has 1 atom stereocenters. The number of hydrogen-bond acceptors (Lipinski definition) is 5. The fraction of sp³-hybridized carbons (Fsp3) is 0.531. The third kappa shape index (κ3) is 6.85. The van der Waals surface area contributed by atoms with Crippen LogP contribution in [-0.4, -0.2) is 42.2 Å². The zero-order valence-corrected chi connectivity index (χ0v) is 24.4. The lowest BCUT2D eigenvalue weighted by Gasteiger charge is -2.31. The van der Waals surface area contributed by atoms with Crippen molar-refractivity contribution in [2.24, 2.45) is 0 Å². The van der Waals surface area contributed by atoms with Gasteiger partial charge in [-0.1, -0.05) is 71.0 Å². The van der Waals surface area contributed by atoms with Crippen LogP contribution < -0.4 is 9.80 Å². The fourth-order valence-corrected chi connectivity index (χ4v) is 5.43. The van der Waals surface area contributed by atoms with Crippen LogP contribution >= 0.6 is 11.6 Å². The van der Waals surface area contributed by atoms with Crippen molar-refractivity contribution < 1.29 is 15.0 Å². The molecule has 0 saturated heterocycles. The highest BCUT2D eigenvalue weighted by Crippen LogP contribution is 2.51. The molecule has 0 saturated carbocycles. The second-order valence-corrected chi connectivity index (χ2v) is 10.8. The standard InChI is InChI=1S/C32H45ClN2O3/c1-5-9-17-34(18-10-6-2)23-13-15-25(27(36)21-23)29-31(33)30(32(29)38)26-16-14-24(22-28(26)37)35(19-11-7-3)20-12-8-4/h13-16,21-22,29,36-37H,5-12,17-20H2,1-4H3. The molecular formula is C32H45ClN2O3. The molecule has 0 radical (unpaired) electrons. The average Bonchev–Trinajstić information content (AvgIpc) is 2.91. The maximum atomic E-state index is 13.3. The quantitative estimate of drug-likeness (QED) is 0.224. The molecule has 1 aliphatic carbocycles. The van der Waals surface area contributed by atoms with E-state index in [0.717, 1.165) is 88.9 Å². The Morgan fingerprint density at radius 2 is 1.16 bits per heavy atom. The van der Waals surface area contributed by atoms with Gasteiger partial charge in [-0.25, -0.2) is 0 Å². The molecule has 5 nitrogen and oxygen atoms in total. The first-order valence-corrected chi connectivity index (χ1v) is 14.9. The highest BCUT2D eigenvalue weighted by Gasteiger charge is 2.42. The molecule has 0 heterocycles. The van der Waals surface area contributed by atoms with Crippen molar-refractivity contribution in [1.82, 2.24) is 0 Å². The minimum absolute atomic E-state index is 0.0579. The monoisotopic (exact) mass is 540 g/mol. The van der Waals surface area contributed by atoms with Crippen LogP contribution in [0.2, 0.25) is 0 Å². The Morgan fingerprint density at radius 3 is 1.55 bits per heavy atom. The van der Waals surface area contributed by atoms with E-state index in [4.69, 9.17) is 11.6 Å². The Labute approximate surface area is 234 Å². The Morgan fingerprint density at radius 1 is 0.711 bits per heavy atom. The summed E-state index contributed by atoms with van der Waals surface area (Å²) in [5.41, 5.74) is 3.22. The zero-order valence-electron chi connectivity index (χ0n) is 23.6. The number of aromatic hydroxyl groups is 2. The molecular weight excluding hydrogens is 496 g/mol. The van der Waals surface area contributed by atoms with Crippen molar-refractivity contribution in [2.75, 3.05) is 36.0 Å². The fourth-order valence-electron chi connectivity index (χ4n) is 5.02. The number of allylic oxidation sites excluding steroid dienone is 2. The lowest BCUT2D eigenvalue weighted by atomic mass is 9.76. The van der Waals surface area contributed by atoms with Gasteiger partial charge in [-0.05, 0) is 43.9 Å². The van der Waals surface area contributed by atoms with Crippen LogP contribution in [0.5, 0.6) is 11.5 Å². The number of benzene rings is 2. The number of carbonyl (C=O) groups excluding carboxylic acids is 1. The summed E-state index contributed by atoms with van der Waals surface area (Å²) in [6, 6.07) is 11.0. The summed E-state index contributed by atoms with van der Waals surface area (Å²) in [7, 11) is 0. The van der Waals surface area contributed by atoms with Gasteiger partial charge in [0.1, 0.15) is 11.5 Å². The van der Waals surface area contributed by atoms with Crippen molar-refractivity contribution in [2.45, 2.75) is 85.0 Å². The Bertz CT molecular complexity index is 1100. The van der Waals surface area contributed by atoms with E-state index >= 15 is 0 Å². The van der Waals surface area contributed by atoms with E-state index in [2.05, 4.69) is 37.5 Å². The van der Waals surface area contributed by atoms with Gasteiger partial charge in [-0.2, -0.15) is 0 Å². The smallest absolute Gasteiger partial charge is 0.177 e. The minimum atomic E-state index is -0.704. The van der Waals surface area contributed by atoms with E-state index in [1.807, 2.05) is 18.2 Å². The van der Waals surface area contributed by atoms with E-state index in [1.165, 1.54) is 0 Å². The number of phenolic OH excluding ortho intramolecular Hbond substituents is 2. The summed E-state index contributed by atoms with van der Waals surface area (Å²) in [5.74, 6) is -0.741. The van der Waals surface area contributed by atoms with Crippen LogP contribution in [0, 0.1) is 0 Å². The molecule has 0 spiro atoms. The number of anilines is 2. The summed E-state index contributed by atoms with van der Waals surface area (Å²) in [5, 5.41) is 22.1. The molecule has 6 heteroatoms. The van der Waals surface area contributed by atoms with Crippen LogP contribution in [0.3, 0.4) is 0 Å². The minimum Gasteiger partial charge on any atom is -0.508 e. The van der Waals surface area contributed by atoms with Crippen LogP contribution in [0.1, 0.15) is 96.1 Å². The van der Waals surface area contributed by atoms with Gasteiger partial charge in [0.25, 0.3) is 0 Å². The summed E-state index contributed by atoms with van der Waals surface area (Å²) >= 11 is 6.68. The molecule has 0 bridgehead atoms. The number of nitrogens with zero attached hydrogens (tertiary/aromatic N) is 2. The molecule has 0 aliphatic heterocycles. The molecule has 2 aromatic rings. The van der Waals surface area contributed by atoms with E-state index in [0.29, 0.717) is 21.7 Å². The predicted octanol–water partition coefficient (Wildman–Crippen LogP) is 8.23. The van der Waals surface area contributed by atoms with Gasteiger partial charge in [0.05, 0.1) is 5.92 Å². The van der Waals surface area contributed by atoms with Crippen LogP contribution in [0.4, 0.5) is 11.4 Å². The maximum Gasteiger partial charge on any atom is 0.177 e. The second-order valence-electron chi connectivity index (χ2n) is 10.4. The number of ketones is 1. The molecule has 1 unspecified atom stereocenters. The maximum absolute atomic E-state index is 13.3. The van der Waals surface area contributed by atoms with Crippen LogP contribution in [-0.2, 0) is 4.79 Å². The summed E-state index contributed by atoms with van der Waals surface area (Å²) in [6.45, 7) is 12.4. The number of carbonyl (C=O) groups is 1. The molecule has 3 rings (SSSR count). The molecule has 2 aromatic carbocycles. The van der Waals surface area contributed by atoms with Gasteiger partial charge in [-0.15, -0.1) is 0 Å². The van der Waals surface area contributed by atoms with Gasteiger partial charge in [0.15, 0.2) is 5.78 Å². The largest absolute Gasteiger partial charge is 0.508 e. The van der Waals surface area contributed by atoms with Gasteiger partial charge in [0, 0.05) is 71.4 Å². The summed E-state index contributed by atoms with van der Waals surface area (Å²) in [4.78, 5) is 17.9. The average molecular weight is 541 g/mol. The molecule has 208 valence electrons. The van der Waals surface area contributed by atoms with Gasteiger partial charge < -0.3 is 20.0 Å². The van der Waals surface area contributed by atoms with Gasteiger partial charge >= 0.3 is 0 Å². The molecule has 0 amide bonds. The van der Waals surface area contributed by atoms with Crippen LogP contribution in [0.15, 0.2) is 41.4 Å². The summed E-state index contributed by atoms with van der Waals surface area (Å²) < 4.78 is 0. The second kappa shape index (κ2) is 14.5. The Hall–Kier alpha value is -2.66. The predicted molar refractivity (Wildman–Crippen MR) is 161 cm³/mol. The van der Waals surface area contributed by atoms with Crippen molar-refractivity contribution in [1.29, 1.82) is 0 Å². The van der Waals surface area contributed by atoms with Crippen LogP contribution in [0.25, 0.3) is 5.57 Å². The lowest BCUT2D eigenvalue weighted by Crippen LogP contribution is -2.28. The Balaban J connectivity index is 1.84. The first kappa shape index (κ1) is 29.9. The van der Waals surface area contributed by atoms with E-state index in [-0.39, 0.29) is 17.3 Å². The first-order valence-electron chi connectivity index (χ1n) is 14.5. The molecule has 38 heavy (non-hydrogen) atoms. The van der Waals surface area contributed by atoms with Crippen molar-refractivity contribution in [3.63, 3.8) is 0 Å².